The van der Waals surface area contributed by atoms with Crippen LogP contribution in [0.4, 0.5) is 0 Å². The van der Waals surface area contributed by atoms with Crippen molar-refractivity contribution < 1.29 is 19.5 Å². The summed E-state index contributed by atoms with van der Waals surface area (Å²) in [5.41, 5.74) is -1.44. The molecule has 17 heavy (non-hydrogen) atoms. The van der Waals surface area contributed by atoms with Crippen molar-refractivity contribution in [2.45, 2.75) is 33.6 Å². The number of carbonyl (C=O) groups excluding carboxylic acids is 1. The fourth-order valence-electron chi connectivity index (χ4n) is 2.62. The first-order chi connectivity index (χ1) is 7.68. The second kappa shape index (κ2) is 4.29. The molecule has 1 fully saturated rings. The van der Waals surface area contributed by atoms with E-state index in [0.29, 0.717) is 12.8 Å². The Hall–Kier alpha value is -1.10. The van der Waals surface area contributed by atoms with E-state index in [1.54, 1.807) is 14.0 Å². The Bertz CT molecular complexity index is 339. The lowest BCUT2D eigenvalue weighted by Gasteiger charge is -2.38. The van der Waals surface area contributed by atoms with Crippen LogP contribution in [-0.2, 0) is 14.4 Å². The standard InChI is InChI=1S/C12H21NO4/c1-11(2)8(9(14)13(4)17-5)6-7-12(11,3)10(15)16/h8H,6-7H2,1-5H3,(H,15,16). The smallest absolute Gasteiger partial charge is 0.309 e. The number of carboxylic acids is 1. The quantitative estimate of drug-likeness (QED) is 0.763. The summed E-state index contributed by atoms with van der Waals surface area (Å²) in [6.45, 7) is 5.41. The molecule has 0 radical (unpaired) electrons. The van der Waals surface area contributed by atoms with Crippen LogP contribution in [0.5, 0.6) is 0 Å². The summed E-state index contributed by atoms with van der Waals surface area (Å²) in [4.78, 5) is 28.4. The number of amides is 1. The van der Waals surface area contributed by atoms with Gasteiger partial charge in [0, 0.05) is 13.0 Å². The zero-order valence-corrected chi connectivity index (χ0v) is 11.1. The van der Waals surface area contributed by atoms with Crippen LogP contribution in [0, 0.1) is 16.7 Å². The minimum Gasteiger partial charge on any atom is -0.481 e. The molecule has 0 heterocycles. The molecule has 5 heteroatoms. The van der Waals surface area contributed by atoms with Crippen LogP contribution in [0.1, 0.15) is 33.6 Å². The molecule has 5 nitrogen and oxygen atoms in total. The van der Waals surface area contributed by atoms with E-state index in [0.717, 1.165) is 0 Å². The fourth-order valence-corrected chi connectivity index (χ4v) is 2.62. The Morgan fingerprint density at radius 1 is 1.35 bits per heavy atom. The highest BCUT2D eigenvalue weighted by molar-refractivity contribution is 5.83. The summed E-state index contributed by atoms with van der Waals surface area (Å²) in [5, 5.41) is 10.5. The van der Waals surface area contributed by atoms with E-state index >= 15 is 0 Å². The van der Waals surface area contributed by atoms with Crippen LogP contribution in [0.3, 0.4) is 0 Å². The summed E-state index contributed by atoms with van der Waals surface area (Å²) >= 11 is 0. The van der Waals surface area contributed by atoms with E-state index < -0.39 is 16.8 Å². The molecule has 0 spiro atoms. The molecule has 1 aliphatic rings. The maximum atomic E-state index is 12.1. The molecule has 0 aromatic carbocycles. The maximum Gasteiger partial charge on any atom is 0.309 e. The van der Waals surface area contributed by atoms with Crippen molar-refractivity contribution in [3.8, 4) is 0 Å². The molecule has 0 bridgehead atoms. The summed E-state index contributed by atoms with van der Waals surface area (Å²) in [7, 11) is 2.98. The SMILES string of the molecule is CON(C)C(=O)C1CCC(C)(C(=O)O)C1(C)C. The number of carbonyl (C=O) groups is 2. The lowest BCUT2D eigenvalue weighted by Crippen LogP contribution is -2.45. The van der Waals surface area contributed by atoms with Gasteiger partial charge in [-0.3, -0.25) is 14.4 Å². The van der Waals surface area contributed by atoms with Crippen molar-refractivity contribution in [1.29, 1.82) is 0 Å². The number of hydrogen-bond donors (Lipinski definition) is 1. The van der Waals surface area contributed by atoms with Gasteiger partial charge in [-0.15, -0.1) is 0 Å². The van der Waals surface area contributed by atoms with Gasteiger partial charge in [0.25, 0.3) is 0 Å². The third-order valence-electron chi connectivity index (χ3n) is 4.58. The molecule has 0 aliphatic heterocycles. The third-order valence-corrected chi connectivity index (χ3v) is 4.58. The number of aliphatic carboxylic acids is 1. The van der Waals surface area contributed by atoms with Gasteiger partial charge in [-0.25, -0.2) is 5.06 Å². The molecular formula is C12H21NO4. The van der Waals surface area contributed by atoms with Gasteiger partial charge in [0.15, 0.2) is 0 Å². The highest BCUT2D eigenvalue weighted by Crippen LogP contribution is 2.56. The Morgan fingerprint density at radius 2 is 1.88 bits per heavy atom. The van der Waals surface area contributed by atoms with E-state index in [9.17, 15) is 14.7 Å². The maximum absolute atomic E-state index is 12.1. The number of rotatable bonds is 3. The van der Waals surface area contributed by atoms with Crippen molar-refractivity contribution in [2.24, 2.45) is 16.7 Å². The highest BCUT2D eigenvalue weighted by Gasteiger charge is 2.58. The predicted molar refractivity (Wildman–Crippen MR) is 62.0 cm³/mol. The molecule has 98 valence electrons. The minimum atomic E-state index is -0.859. The average molecular weight is 243 g/mol. The molecule has 0 aromatic rings. The van der Waals surface area contributed by atoms with Gasteiger partial charge in [0.1, 0.15) is 0 Å². The van der Waals surface area contributed by atoms with Crippen LogP contribution in [-0.4, -0.2) is 36.2 Å². The van der Waals surface area contributed by atoms with E-state index in [1.807, 2.05) is 13.8 Å². The van der Waals surface area contributed by atoms with E-state index in [-0.39, 0.29) is 11.8 Å². The second-order valence-corrected chi connectivity index (χ2v) is 5.47. The molecule has 1 rings (SSSR count). The number of carboxylic acid groups (broad SMARTS) is 1. The van der Waals surface area contributed by atoms with Crippen LogP contribution >= 0.6 is 0 Å². The highest BCUT2D eigenvalue weighted by atomic mass is 16.7. The summed E-state index contributed by atoms with van der Waals surface area (Å²) in [5.74, 6) is -1.30. The molecule has 1 saturated carbocycles. The number of nitrogens with zero attached hydrogens (tertiary/aromatic N) is 1. The summed E-state index contributed by atoms with van der Waals surface area (Å²) < 4.78 is 0. The Labute approximate surface area is 102 Å². The molecular weight excluding hydrogens is 222 g/mol. The third kappa shape index (κ3) is 1.92. The van der Waals surface area contributed by atoms with Gasteiger partial charge in [-0.1, -0.05) is 13.8 Å². The zero-order chi connectivity index (χ0) is 13.4. The van der Waals surface area contributed by atoms with E-state index in [4.69, 9.17) is 4.84 Å². The second-order valence-electron chi connectivity index (χ2n) is 5.47. The van der Waals surface area contributed by atoms with Crippen molar-refractivity contribution in [3.05, 3.63) is 0 Å². The van der Waals surface area contributed by atoms with Gasteiger partial charge in [0.05, 0.1) is 12.5 Å². The van der Waals surface area contributed by atoms with Crippen LogP contribution in [0.15, 0.2) is 0 Å². The summed E-state index contributed by atoms with van der Waals surface area (Å²) in [6.07, 6.45) is 1.10. The number of hydroxylamine groups is 2. The topological polar surface area (TPSA) is 66.8 Å². The van der Waals surface area contributed by atoms with Gasteiger partial charge in [-0.2, -0.15) is 0 Å². The Kier molecular flexibility index (Phi) is 3.52. The normalized spacial score (nSPS) is 31.2. The average Bonchev–Trinajstić information content (AvgIpc) is 2.49. The first kappa shape index (κ1) is 14.0. The van der Waals surface area contributed by atoms with Crippen LogP contribution in [0.2, 0.25) is 0 Å². The van der Waals surface area contributed by atoms with Gasteiger partial charge < -0.3 is 5.11 Å². The molecule has 1 aliphatic carbocycles. The van der Waals surface area contributed by atoms with Gasteiger partial charge in [-0.05, 0) is 25.2 Å². The molecule has 1 N–H and O–H groups in total. The fraction of sp³-hybridized carbons (Fsp3) is 0.833. The predicted octanol–water partition coefficient (Wildman–Crippen LogP) is 1.53. The molecule has 2 atom stereocenters. The van der Waals surface area contributed by atoms with Crippen molar-refractivity contribution >= 4 is 11.9 Å². The minimum absolute atomic E-state index is 0.150. The van der Waals surface area contributed by atoms with Crippen LogP contribution < -0.4 is 0 Å². The van der Waals surface area contributed by atoms with Gasteiger partial charge in [0.2, 0.25) is 5.91 Å². The van der Waals surface area contributed by atoms with Crippen LogP contribution in [0.25, 0.3) is 0 Å². The zero-order valence-electron chi connectivity index (χ0n) is 11.1. The first-order valence-electron chi connectivity index (χ1n) is 5.73. The van der Waals surface area contributed by atoms with E-state index in [2.05, 4.69) is 0 Å². The molecule has 0 saturated heterocycles. The lowest BCUT2D eigenvalue weighted by atomic mass is 9.65. The molecule has 1 amide bonds. The largest absolute Gasteiger partial charge is 0.481 e. The molecule has 0 aromatic heterocycles. The Morgan fingerprint density at radius 3 is 2.24 bits per heavy atom. The first-order valence-corrected chi connectivity index (χ1v) is 5.73. The monoisotopic (exact) mass is 243 g/mol. The van der Waals surface area contributed by atoms with Crippen molar-refractivity contribution in [2.75, 3.05) is 14.2 Å². The number of hydrogen-bond acceptors (Lipinski definition) is 3. The van der Waals surface area contributed by atoms with E-state index in [1.165, 1.54) is 12.2 Å². The Balaban J connectivity index is 3.01. The van der Waals surface area contributed by atoms with Gasteiger partial charge >= 0.3 is 5.97 Å². The summed E-state index contributed by atoms with van der Waals surface area (Å²) in [6, 6.07) is 0. The van der Waals surface area contributed by atoms with Crippen molar-refractivity contribution in [3.63, 3.8) is 0 Å². The molecule has 2 unspecified atom stereocenters. The van der Waals surface area contributed by atoms with Crippen molar-refractivity contribution in [1.82, 2.24) is 5.06 Å². The lowest BCUT2D eigenvalue weighted by molar-refractivity contribution is -0.179.